The molecule has 5 rings (SSSR count). The molecule has 0 unspecified atom stereocenters. The minimum absolute atomic E-state index is 0.0648. The molecule has 0 radical (unpaired) electrons. The minimum atomic E-state index is -0.266. The van der Waals surface area contributed by atoms with E-state index in [1.54, 1.807) is 28.3 Å². The molecule has 4 aromatic rings. The second-order valence-corrected chi connectivity index (χ2v) is 10.0. The van der Waals surface area contributed by atoms with Crippen molar-refractivity contribution in [2.24, 2.45) is 5.10 Å². The Morgan fingerprint density at radius 3 is 2.71 bits per heavy atom. The van der Waals surface area contributed by atoms with Crippen molar-refractivity contribution >= 4 is 44.9 Å². The molecule has 1 aliphatic carbocycles. The van der Waals surface area contributed by atoms with Gasteiger partial charge in [-0.2, -0.15) is 5.10 Å². The first-order valence-corrected chi connectivity index (χ1v) is 12.9. The van der Waals surface area contributed by atoms with Crippen molar-refractivity contribution in [1.29, 1.82) is 0 Å². The van der Waals surface area contributed by atoms with Gasteiger partial charge in [-0.3, -0.25) is 19.1 Å². The standard InChI is InChI=1S/C25H23N5O2S2/c1-16(17-11-13-26-14-12-17)28-29-21(31)15-33-25-27-23-22(19-9-5-6-10-20(19)34-23)24(32)30(25)18-7-3-2-4-8-18/h2-4,7-8,11-14H,5-6,9-10,15H2,1H3,(H,29,31)/b28-16+. The van der Waals surface area contributed by atoms with Gasteiger partial charge in [-0.15, -0.1) is 11.3 Å². The van der Waals surface area contributed by atoms with Crippen molar-refractivity contribution in [2.75, 3.05) is 5.75 Å². The van der Waals surface area contributed by atoms with Gasteiger partial charge in [0.15, 0.2) is 5.16 Å². The molecule has 0 spiro atoms. The quantitative estimate of drug-likeness (QED) is 0.188. The van der Waals surface area contributed by atoms with Crippen LogP contribution in [0.5, 0.6) is 0 Å². The van der Waals surface area contributed by atoms with Gasteiger partial charge in [-0.1, -0.05) is 30.0 Å². The van der Waals surface area contributed by atoms with Crippen LogP contribution < -0.4 is 11.0 Å². The molecule has 0 aliphatic heterocycles. The molecule has 1 aliphatic rings. The number of hydrogen-bond acceptors (Lipinski definition) is 7. The second kappa shape index (κ2) is 9.90. The van der Waals surface area contributed by atoms with Crippen molar-refractivity contribution in [3.8, 4) is 5.69 Å². The number of para-hydroxylation sites is 1. The Morgan fingerprint density at radius 2 is 1.91 bits per heavy atom. The van der Waals surface area contributed by atoms with Crippen molar-refractivity contribution in [1.82, 2.24) is 20.0 Å². The number of hydrazone groups is 1. The molecule has 0 fully saturated rings. The predicted octanol–water partition coefficient (Wildman–Crippen LogP) is 4.35. The van der Waals surface area contributed by atoms with E-state index in [4.69, 9.17) is 4.98 Å². The van der Waals surface area contributed by atoms with Crippen LogP contribution in [0.1, 0.15) is 35.8 Å². The summed E-state index contributed by atoms with van der Waals surface area (Å²) in [5.74, 6) is -0.180. The first kappa shape index (κ1) is 22.5. The number of pyridine rings is 1. The lowest BCUT2D eigenvalue weighted by Crippen LogP contribution is -2.24. The fourth-order valence-electron chi connectivity index (χ4n) is 4.05. The highest BCUT2D eigenvalue weighted by atomic mass is 32.2. The van der Waals surface area contributed by atoms with E-state index in [1.807, 2.05) is 49.4 Å². The Hall–Kier alpha value is -3.30. The highest BCUT2D eigenvalue weighted by Gasteiger charge is 2.23. The summed E-state index contributed by atoms with van der Waals surface area (Å²) in [6.07, 6.45) is 7.53. The van der Waals surface area contributed by atoms with Crippen molar-refractivity contribution in [3.63, 3.8) is 0 Å². The summed E-state index contributed by atoms with van der Waals surface area (Å²) in [6, 6.07) is 13.1. The molecule has 7 nitrogen and oxygen atoms in total. The zero-order valence-electron chi connectivity index (χ0n) is 18.7. The molecule has 3 heterocycles. The third kappa shape index (κ3) is 4.53. The zero-order valence-corrected chi connectivity index (χ0v) is 20.3. The second-order valence-electron chi connectivity index (χ2n) is 8.02. The summed E-state index contributed by atoms with van der Waals surface area (Å²) in [4.78, 5) is 37.1. The van der Waals surface area contributed by atoms with E-state index in [2.05, 4.69) is 15.5 Å². The Balaban J connectivity index is 1.44. The van der Waals surface area contributed by atoms with Gasteiger partial charge in [-0.25, -0.2) is 10.4 Å². The molecule has 1 aromatic carbocycles. The number of thiophene rings is 1. The molecule has 0 bridgehead atoms. The number of carbonyl (C=O) groups is 1. The van der Waals surface area contributed by atoms with Gasteiger partial charge >= 0.3 is 0 Å². The summed E-state index contributed by atoms with van der Waals surface area (Å²) in [5, 5.41) is 5.43. The first-order chi connectivity index (χ1) is 16.6. The summed E-state index contributed by atoms with van der Waals surface area (Å²) in [5.41, 5.74) is 6.00. The highest BCUT2D eigenvalue weighted by Crippen LogP contribution is 2.35. The Labute approximate surface area is 205 Å². The summed E-state index contributed by atoms with van der Waals surface area (Å²) in [7, 11) is 0. The van der Waals surface area contributed by atoms with E-state index >= 15 is 0 Å². The summed E-state index contributed by atoms with van der Waals surface area (Å²) < 4.78 is 1.63. The van der Waals surface area contributed by atoms with E-state index < -0.39 is 0 Å². The van der Waals surface area contributed by atoms with E-state index in [-0.39, 0.29) is 17.2 Å². The summed E-state index contributed by atoms with van der Waals surface area (Å²) in [6.45, 7) is 1.82. The number of fused-ring (bicyclic) bond motifs is 3. The van der Waals surface area contributed by atoms with Crippen LogP contribution in [0.15, 0.2) is 69.9 Å². The number of rotatable bonds is 6. The van der Waals surface area contributed by atoms with Crippen LogP contribution in [0.2, 0.25) is 0 Å². The van der Waals surface area contributed by atoms with Gasteiger partial charge < -0.3 is 0 Å². The highest BCUT2D eigenvalue weighted by molar-refractivity contribution is 7.99. The van der Waals surface area contributed by atoms with Crippen LogP contribution in [-0.2, 0) is 17.6 Å². The smallest absolute Gasteiger partial charge is 0.267 e. The van der Waals surface area contributed by atoms with E-state index in [1.165, 1.54) is 16.6 Å². The van der Waals surface area contributed by atoms with Gasteiger partial charge in [0.05, 0.1) is 22.5 Å². The maximum absolute atomic E-state index is 13.7. The first-order valence-electron chi connectivity index (χ1n) is 11.1. The maximum Gasteiger partial charge on any atom is 0.267 e. The van der Waals surface area contributed by atoms with Gasteiger partial charge in [0.1, 0.15) is 4.83 Å². The number of benzene rings is 1. The topological polar surface area (TPSA) is 89.2 Å². The van der Waals surface area contributed by atoms with Gasteiger partial charge in [-0.05, 0) is 62.4 Å². The number of carbonyl (C=O) groups excluding carboxylic acids is 1. The van der Waals surface area contributed by atoms with Gasteiger partial charge in [0.2, 0.25) is 0 Å². The van der Waals surface area contributed by atoms with Crippen molar-refractivity contribution in [3.05, 3.63) is 81.2 Å². The average molecular weight is 490 g/mol. The number of nitrogens with zero attached hydrogens (tertiary/aromatic N) is 4. The normalized spacial score (nSPS) is 13.6. The van der Waals surface area contributed by atoms with Gasteiger partial charge in [0.25, 0.3) is 11.5 Å². The SMILES string of the molecule is C/C(=N\NC(=O)CSc1nc2sc3c(c2c(=O)n1-c1ccccc1)CCCC3)c1ccncc1. The largest absolute Gasteiger partial charge is 0.272 e. The fraction of sp³-hybridized carbons (Fsp3) is 0.240. The van der Waals surface area contributed by atoms with E-state index in [9.17, 15) is 9.59 Å². The number of nitrogens with one attached hydrogen (secondary N) is 1. The lowest BCUT2D eigenvalue weighted by Gasteiger charge is -2.13. The van der Waals surface area contributed by atoms with E-state index in [0.29, 0.717) is 10.9 Å². The average Bonchev–Trinajstić information content (AvgIpc) is 3.25. The molecular weight excluding hydrogens is 466 g/mol. The molecule has 0 saturated heterocycles. The number of aryl methyl sites for hydroxylation is 2. The third-order valence-electron chi connectivity index (χ3n) is 5.75. The van der Waals surface area contributed by atoms with Crippen LogP contribution in [0.25, 0.3) is 15.9 Å². The monoisotopic (exact) mass is 489 g/mol. The molecule has 9 heteroatoms. The van der Waals surface area contributed by atoms with Crippen molar-refractivity contribution < 1.29 is 4.79 Å². The molecular formula is C25H23N5O2S2. The maximum atomic E-state index is 13.7. The fourth-order valence-corrected chi connectivity index (χ4v) is 6.16. The Morgan fingerprint density at radius 1 is 1.15 bits per heavy atom. The summed E-state index contributed by atoms with van der Waals surface area (Å²) >= 11 is 2.85. The zero-order chi connectivity index (χ0) is 23.5. The minimum Gasteiger partial charge on any atom is -0.272 e. The third-order valence-corrected chi connectivity index (χ3v) is 7.88. The molecule has 0 atom stereocenters. The van der Waals surface area contributed by atoms with Crippen LogP contribution in [0, 0.1) is 0 Å². The van der Waals surface area contributed by atoms with Gasteiger partial charge in [0, 0.05) is 22.8 Å². The number of thioether (sulfide) groups is 1. The lowest BCUT2D eigenvalue weighted by atomic mass is 9.97. The Kier molecular flexibility index (Phi) is 6.55. The number of hydrogen-bond donors (Lipinski definition) is 1. The van der Waals surface area contributed by atoms with Crippen LogP contribution in [0.3, 0.4) is 0 Å². The molecule has 1 amide bonds. The van der Waals surface area contributed by atoms with Crippen LogP contribution >= 0.6 is 23.1 Å². The van der Waals surface area contributed by atoms with E-state index in [0.717, 1.165) is 52.7 Å². The van der Waals surface area contributed by atoms with Crippen LogP contribution in [0.4, 0.5) is 0 Å². The predicted molar refractivity (Wildman–Crippen MR) is 137 cm³/mol. The molecule has 34 heavy (non-hydrogen) atoms. The lowest BCUT2D eigenvalue weighted by molar-refractivity contribution is -0.118. The molecule has 0 saturated carbocycles. The number of amides is 1. The Bertz CT molecular complexity index is 1430. The van der Waals surface area contributed by atoms with Crippen LogP contribution in [-0.4, -0.2) is 31.9 Å². The van der Waals surface area contributed by atoms with Crippen molar-refractivity contribution in [2.45, 2.75) is 37.8 Å². The molecule has 3 aromatic heterocycles. The molecule has 172 valence electrons. The number of aromatic nitrogens is 3. The molecule has 1 N–H and O–H groups in total.